The number of rotatable bonds is 3. The van der Waals surface area contributed by atoms with E-state index in [0.717, 1.165) is 12.1 Å². The number of hydrogen-bond acceptors (Lipinski definition) is 1. The highest BCUT2D eigenvalue weighted by atomic mass is 19.1. The molecule has 0 atom stereocenters. The van der Waals surface area contributed by atoms with Gasteiger partial charge in [0.05, 0.1) is 0 Å². The molecule has 0 fully saturated rings. The molecule has 0 aliphatic rings. The maximum absolute atomic E-state index is 13.3. The van der Waals surface area contributed by atoms with Crippen LogP contribution >= 0.6 is 0 Å². The fourth-order valence-electron chi connectivity index (χ4n) is 1.44. The second kappa shape index (κ2) is 4.26. The van der Waals surface area contributed by atoms with Crippen LogP contribution in [0.25, 0.3) is 0 Å². The first-order valence-corrected chi connectivity index (χ1v) is 4.77. The van der Waals surface area contributed by atoms with Crippen LogP contribution in [-0.4, -0.2) is 10.8 Å². The summed E-state index contributed by atoms with van der Waals surface area (Å²) in [5.41, 5.74) is 0.691. The molecule has 0 spiro atoms. The van der Waals surface area contributed by atoms with Gasteiger partial charge >= 0.3 is 0 Å². The summed E-state index contributed by atoms with van der Waals surface area (Å²) in [6.07, 6.45) is 3.10. The smallest absolute Gasteiger partial charge is 0.168 e. The largest absolute Gasteiger partial charge is 0.367 e. The Hall–Kier alpha value is -1.97. The minimum atomic E-state index is -0.691. The van der Waals surface area contributed by atoms with E-state index in [-0.39, 0.29) is 17.8 Å². The average Bonchev–Trinajstić information content (AvgIpc) is 2.75. The van der Waals surface area contributed by atoms with Crippen LogP contribution in [0.15, 0.2) is 36.7 Å². The number of aromatic amines is 1. The zero-order chi connectivity index (χ0) is 11.5. The number of carbonyl (C=O) groups is 1. The van der Waals surface area contributed by atoms with Crippen LogP contribution < -0.4 is 0 Å². The van der Waals surface area contributed by atoms with Crippen molar-refractivity contribution in [1.82, 2.24) is 4.98 Å². The summed E-state index contributed by atoms with van der Waals surface area (Å²) in [7, 11) is 0. The van der Waals surface area contributed by atoms with E-state index in [4.69, 9.17) is 0 Å². The molecule has 0 saturated carbocycles. The fourth-order valence-corrected chi connectivity index (χ4v) is 1.44. The lowest BCUT2D eigenvalue weighted by Gasteiger charge is -2.01. The van der Waals surface area contributed by atoms with Gasteiger partial charge in [0.1, 0.15) is 11.6 Å². The van der Waals surface area contributed by atoms with Crippen LogP contribution in [-0.2, 0) is 6.42 Å². The standard InChI is InChI=1S/C12H9F2NO/c13-10-2-1-8(11(14)6-10)5-12(16)9-3-4-15-7-9/h1-4,6-7,15H,5H2. The molecule has 0 saturated heterocycles. The van der Waals surface area contributed by atoms with Gasteiger partial charge in [-0.25, -0.2) is 8.78 Å². The van der Waals surface area contributed by atoms with E-state index >= 15 is 0 Å². The lowest BCUT2D eigenvalue weighted by molar-refractivity contribution is 0.0992. The third-order valence-electron chi connectivity index (χ3n) is 2.29. The van der Waals surface area contributed by atoms with Gasteiger partial charge in [-0.15, -0.1) is 0 Å². The quantitative estimate of drug-likeness (QED) is 0.794. The summed E-state index contributed by atoms with van der Waals surface area (Å²) in [4.78, 5) is 14.4. The zero-order valence-corrected chi connectivity index (χ0v) is 8.34. The van der Waals surface area contributed by atoms with Gasteiger partial charge in [0.15, 0.2) is 5.78 Å². The molecule has 0 amide bonds. The first-order valence-electron chi connectivity index (χ1n) is 4.77. The monoisotopic (exact) mass is 221 g/mol. The van der Waals surface area contributed by atoms with Crippen molar-refractivity contribution < 1.29 is 13.6 Å². The van der Waals surface area contributed by atoms with E-state index in [2.05, 4.69) is 4.98 Å². The van der Waals surface area contributed by atoms with Crippen molar-refractivity contribution >= 4 is 5.78 Å². The molecule has 1 N–H and O–H groups in total. The molecule has 0 radical (unpaired) electrons. The molecule has 1 aromatic carbocycles. The van der Waals surface area contributed by atoms with Crippen molar-refractivity contribution in [2.24, 2.45) is 0 Å². The van der Waals surface area contributed by atoms with Gasteiger partial charge in [0.25, 0.3) is 0 Å². The molecule has 0 aliphatic heterocycles. The predicted octanol–water partition coefficient (Wildman–Crippen LogP) is 2.72. The fraction of sp³-hybridized carbons (Fsp3) is 0.0833. The molecule has 1 aromatic heterocycles. The maximum atomic E-state index is 13.3. The van der Waals surface area contributed by atoms with E-state index in [1.165, 1.54) is 6.07 Å². The molecule has 0 aliphatic carbocycles. The highest BCUT2D eigenvalue weighted by molar-refractivity contribution is 5.97. The summed E-state index contributed by atoms with van der Waals surface area (Å²) in [5.74, 6) is -1.54. The zero-order valence-electron chi connectivity index (χ0n) is 8.34. The number of H-pyrrole nitrogens is 1. The van der Waals surface area contributed by atoms with Gasteiger partial charge < -0.3 is 4.98 Å². The molecule has 82 valence electrons. The number of nitrogens with one attached hydrogen (secondary N) is 1. The summed E-state index contributed by atoms with van der Waals surface area (Å²) >= 11 is 0. The molecular formula is C12H9F2NO. The van der Waals surface area contributed by atoms with Crippen LogP contribution in [0.5, 0.6) is 0 Å². The topological polar surface area (TPSA) is 32.9 Å². The Balaban J connectivity index is 2.18. The van der Waals surface area contributed by atoms with E-state index in [1.54, 1.807) is 18.5 Å². The van der Waals surface area contributed by atoms with E-state index in [1.807, 2.05) is 0 Å². The summed E-state index contributed by atoms with van der Waals surface area (Å²) in [6.45, 7) is 0. The highest BCUT2D eigenvalue weighted by Gasteiger charge is 2.11. The summed E-state index contributed by atoms with van der Waals surface area (Å²) < 4.78 is 25.9. The van der Waals surface area contributed by atoms with Crippen LogP contribution in [0.2, 0.25) is 0 Å². The number of carbonyl (C=O) groups excluding carboxylic acids is 1. The van der Waals surface area contributed by atoms with Crippen LogP contribution in [0.4, 0.5) is 8.78 Å². The number of halogens is 2. The number of aromatic nitrogens is 1. The van der Waals surface area contributed by atoms with Gasteiger partial charge in [0.2, 0.25) is 0 Å². The van der Waals surface area contributed by atoms with Crippen molar-refractivity contribution in [3.05, 3.63) is 59.4 Å². The molecule has 0 bridgehead atoms. The molecule has 1 heterocycles. The minimum Gasteiger partial charge on any atom is -0.367 e. The summed E-state index contributed by atoms with van der Waals surface area (Å²) in [5, 5.41) is 0. The van der Waals surface area contributed by atoms with Crippen LogP contribution in [0.3, 0.4) is 0 Å². The molecule has 2 rings (SSSR count). The number of ketones is 1. The van der Waals surface area contributed by atoms with Crippen molar-refractivity contribution in [3.8, 4) is 0 Å². The normalized spacial score (nSPS) is 10.4. The van der Waals surface area contributed by atoms with Gasteiger partial charge in [-0.1, -0.05) is 6.07 Å². The number of benzene rings is 1. The van der Waals surface area contributed by atoms with Crippen molar-refractivity contribution in [1.29, 1.82) is 0 Å². The maximum Gasteiger partial charge on any atom is 0.168 e. The summed E-state index contributed by atoms with van der Waals surface area (Å²) in [6, 6.07) is 4.82. The Bertz CT molecular complexity index is 506. The number of Topliss-reactive ketones (excluding diaryl/α,β-unsaturated/α-hetero) is 1. The van der Waals surface area contributed by atoms with Crippen molar-refractivity contribution in [2.75, 3.05) is 0 Å². The Morgan fingerprint density at radius 1 is 1.25 bits per heavy atom. The molecule has 4 heteroatoms. The molecule has 2 nitrogen and oxygen atoms in total. The Labute approximate surface area is 90.9 Å². The van der Waals surface area contributed by atoms with Gasteiger partial charge in [0, 0.05) is 30.4 Å². The lowest BCUT2D eigenvalue weighted by atomic mass is 10.0. The van der Waals surface area contributed by atoms with Crippen molar-refractivity contribution in [3.63, 3.8) is 0 Å². The predicted molar refractivity (Wildman–Crippen MR) is 55.2 cm³/mol. The van der Waals surface area contributed by atoms with Gasteiger partial charge in [-0.3, -0.25) is 4.79 Å². The number of hydrogen-bond donors (Lipinski definition) is 1. The van der Waals surface area contributed by atoms with Gasteiger partial charge in [-0.05, 0) is 17.7 Å². The lowest BCUT2D eigenvalue weighted by Crippen LogP contribution is -2.04. The molecule has 2 aromatic rings. The molecular weight excluding hydrogens is 212 g/mol. The SMILES string of the molecule is O=C(Cc1ccc(F)cc1F)c1cc[nH]c1. The van der Waals surface area contributed by atoms with Gasteiger partial charge in [-0.2, -0.15) is 0 Å². The third kappa shape index (κ3) is 2.16. The van der Waals surface area contributed by atoms with Crippen LogP contribution in [0, 0.1) is 11.6 Å². The van der Waals surface area contributed by atoms with Crippen LogP contribution in [0.1, 0.15) is 15.9 Å². The Morgan fingerprint density at radius 2 is 2.06 bits per heavy atom. The first-order chi connectivity index (χ1) is 7.66. The minimum absolute atomic E-state index is 0.0655. The second-order valence-electron chi connectivity index (χ2n) is 3.44. The second-order valence-corrected chi connectivity index (χ2v) is 3.44. The third-order valence-corrected chi connectivity index (χ3v) is 2.29. The molecule has 16 heavy (non-hydrogen) atoms. The first kappa shape index (κ1) is 10.5. The van der Waals surface area contributed by atoms with Crippen molar-refractivity contribution in [2.45, 2.75) is 6.42 Å². The Morgan fingerprint density at radius 3 is 2.69 bits per heavy atom. The highest BCUT2D eigenvalue weighted by Crippen LogP contribution is 2.12. The van der Waals surface area contributed by atoms with E-state index in [0.29, 0.717) is 5.56 Å². The van der Waals surface area contributed by atoms with E-state index < -0.39 is 11.6 Å². The Kier molecular flexibility index (Phi) is 2.81. The average molecular weight is 221 g/mol. The molecule has 0 unspecified atom stereocenters. The van der Waals surface area contributed by atoms with E-state index in [9.17, 15) is 13.6 Å².